The molecular weight excluding hydrogens is 290 g/mol. The van der Waals surface area contributed by atoms with E-state index in [0.717, 1.165) is 16.7 Å². The van der Waals surface area contributed by atoms with Crippen molar-refractivity contribution in [3.8, 4) is 6.07 Å². The summed E-state index contributed by atoms with van der Waals surface area (Å²) in [6.45, 7) is 0.721. The molecule has 0 aliphatic carbocycles. The minimum absolute atomic E-state index is 0.498. The number of nitrogens with zero attached hydrogens (tertiary/aromatic N) is 1. The number of nitrogens with one attached hydrogen (secondary N) is 1. The van der Waals surface area contributed by atoms with Gasteiger partial charge >= 0.3 is 0 Å². The maximum Gasteiger partial charge on any atom is 0.101 e. The second-order valence-corrected chi connectivity index (χ2v) is 4.81. The third kappa shape index (κ3) is 3.02. The van der Waals surface area contributed by atoms with Crippen LogP contribution in [0.25, 0.3) is 0 Å². The van der Waals surface area contributed by atoms with Crippen molar-refractivity contribution >= 4 is 27.3 Å². The van der Waals surface area contributed by atoms with Crippen LogP contribution in [0.1, 0.15) is 11.1 Å². The normalized spacial score (nSPS) is 9.78. The highest BCUT2D eigenvalue weighted by Crippen LogP contribution is 2.18. The van der Waals surface area contributed by atoms with Crippen LogP contribution >= 0.6 is 15.9 Å². The predicted molar refractivity (Wildman–Crippen MR) is 77.0 cm³/mol. The fraction of sp³-hybridized carbons (Fsp3) is 0.0714. The molecule has 0 saturated heterocycles. The first kappa shape index (κ1) is 12.5. The summed E-state index contributed by atoms with van der Waals surface area (Å²) in [5, 5.41) is 12.1. The Bertz CT molecular complexity index is 585. The molecule has 0 spiro atoms. The summed E-state index contributed by atoms with van der Waals surface area (Å²) in [6.07, 6.45) is 0. The lowest BCUT2D eigenvalue weighted by atomic mass is 10.1. The van der Waals surface area contributed by atoms with Gasteiger partial charge in [-0.05, 0) is 35.9 Å². The van der Waals surface area contributed by atoms with Crippen molar-refractivity contribution in [2.75, 3.05) is 11.1 Å². The van der Waals surface area contributed by atoms with Crippen molar-refractivity contribution in [2.24, 2.45) is 0 Å². The summed E-state index contributed by atoms with van der Waals surface area (Å²) in [5.41, 5.74) is 8.85. The molecule has 2 aromatic rings. The van der Waals surface area contributed by atoms with Crippen LogP contribution in [0.5, 0.6) is 0 Å². The maximum atomic E-state index is 8.79. The molecule has 2 rings (SSSR count). The first-order valence-electron chi connectivity index (χ1n) is 5.47. The molecule has 0 aliphatic rings. The minimum atomic E-state index is 0.498. The second-order valence-electron chi connectivity index (χ2n) is 3.89. The molecule has 0 bridgehead atoms. The third-order valence-electron chi connectivity index (χ3n) is 2.58. The van der Waals surface area contributed by atoms with Gasteiger partial charge in [-0.3, -0.25) is 0 Å². The van der Waals surface area contributed by atoms with Gasteiger partial charge in [0.05, 0.1) is 11.3 Å². The van der Waals surface area contributed by atoms with Crippen LogP contribution in [0.15, 0.2) is 46.9 Å². The molecule has 0 saturated carbocycles. The number of benzene rings is 2. The molecule has 0 heterocycles. The van der Waals surface area contributed by atoms with Crippen molar-refractivity contribution in [2.45, 2.75) is 6.54 Å². The highest BCUT2D eigenvalue weighted by Gasteiger charge is 2.00. The Balaban J connectivity index is 2.04. The monoisotopic (exact) mass is 301 g/mol. The molecule has 18 heavy (non-hydrogen) atoms. The maximum absolute atomic E-state index is 8.79. The topological polar surface area (TPSA) is 61.8 Å². The van der Waals surface area contributed by atoms with Crippen LogP contribution < -0.4 is 11.1 Å². The fourth-order valence-electron chi connectivity index (χ4n) is 1.58. The van der Waals surface area contributed by atoms with Crippen molar-refractivity contribution in [1.82, 2.24) is 0 Å². The molecule has 0 unspecified atom stereocenters. The lowest BCUT2D eigenvalue weighted by Gasteiger charge is -2.08. The summed E-state index contributed by atoms with van der Waals surface area (Å²) in [4.78, 5) is 0. The van der Waals surface area contributed by atoms with E-state index < -0.39 is 0 Å². The molecule has 4 heteroatoms. The van der Waals surface area contributed by atoms with Gasteiger partial charge < -0.3 is 11.1 Å². The Morgan fingerprint density at radius 2 is 1.89 bits per heavy atom. The molecule has 90 valence electrons. The zero-order chi connectivity index (χ0) is 13.0. The van der Waals surface area contributed by atoms with Gasteiger partial charge in [0.15, 0.2) is 0 Å². The number of nitrogens with two attached hydrogens (primary N) is 1. The van der Waals surface area contributed by atoms with E-state index in [2.05, 4.69) is 21.2 Å². The Morgan fingerprint density at radius 1 is 1.17 bits per heavy atom. The molecule has 3 N–H and O–H groups in total. The van der Waals surface area contributed by atoms with Crippen molar-refractivity contribution in [3.05, 3.63) is 58.1 Å². The number of halogens is 1. The fourth-order valence-corrected chi connectivity index (χ4v) is 1.85. The van der Waals surface area contributed by atoms with Gasteiger partial charge in [-0.25, -0.2) is 0 Å². The van der Waals surface area contributed by atoms with E-state index in [4.69, 9.17) is 11.0 Å². The average molecular weight is 302 g/mol. The highest BCUT2D eigenvalue weighted by atomic mass is 79.9. The van der Waals surface area contributed by atoms with Crippen LogP contribution in [0.3, 0.4) is 0 Å². The molecule has 0 atom stereocenters. The molecule has 2 aromatic carbocycles. The smallest absolute Gasteiger partial charge is 0.101 e. The Kier molecular flexibility index (Phi) is 3.85. The van der Waals surface area contributed by atoms with Crippen molar-refractivity contribution in [3.63, 3.8) is 0 Å². The molecular formula is C14H12BrN3. The van der Waals surface area contributed by atoms with Crippen LogP contribution in [-0.2, 0) is 6.54 Å². The first-order chi connectivity index (χ1) is 8.69. The van der Waals surface area contributed by atoms with Crippen LogP contribution in [-0.4, -0.2) is 0 Å². The van der Waals surface area contributed by atoms with Crippen LogP contribution in [0, 0.1) is 11.3 Å². The minimum Gasteiger partial charge on any atom is -0.398 e. The number of nitriles is 1. The quantitative estimate of drug-likeness (QED) is 0.853. The van der Waals surface area contributed by atoms with Gasteiger partial charge in [0.25, 0.3) is 0 Å². The zero-order valence-electron chi connectivity index (χ0n) is 9.65. The Morgan fingerprint density at radius 3 is 2.50 bits per heavy atom. The summed E-state index contributed by atoms with van der Waals surface area (Å²) >= 11 is 3.40. The van der Waals surface area contributed by atoms with Gasteiger partial charge in [-0.2, -0.15) is 5.26 Å². The highest BCUT2D eigenvalue weighted by molar-refractivity contribution is 9.10. The zero-order valence-corrected chi connectivity index (χ0v) is 11.2. The summed E-state index contributed by atoms with van der Waals surface area (Å²) in [7, 11) is 0. The van der Waals surface area contributed by atoms with E-state index in [0.29, 0.717) is 11.3 Å². The van der Waals surface area contributed by atoms with Gasteiger partial charge in [-0.1, -0.05) is 28.1 Å². The first-order valence-corrected chi connectivity index (χ1v) is 6.26. The van der Waals surface area contributed by atoms with E-state index in [1.54, 1.807) is 12.1 Å². The average Bonchev–Trinajstić information content (AvgIpc) is 2.38. The molecule has 0 amide bonds. The van der Waals surface area contributed by atoms with Crippen LogP contribution in [0.4, 0.5) is 11.4 Å². The van der Waals surface area contributed by atoms with E-state index >= 15 is 0 Å². The standard InChI is InChI=1S/C14H12BrN3/c15-12-4-1-10(2-5-12)9-18-13-6-3-11(8-16)14(17)7-13/h1-7,18H,9,17H2. The molecule has 0 aromatic heterocycles. The number of anilines is 2. The molecule has 0 radical (unpaired) electrons. The van der Waals surface area contributed by atoms with E-state index in [1.165, 1.54) is 5.56 Å². The second kappa shape index (κ2) is 5.56. The largest absolute Gasteiger partial charge is 0.398 e. The molecule has 3 nitrogen and oxygen atoms in total. The summed E-state index contributed by atoms with van der Waals surface area (Å²) < 4.78 is 1.06. The number of hydrogen-bond donors (Lipinski definition) is 2. The molecule has 0 aliphatic heterocycles. The number of hydrogen-bond acceptors (Lipinski definition) is 3. The van der Waals surface area contributed by atoms with Gasteiger partial charge in [0.1, 0.15) is 6.07 Å². The number of rotatable bonds is 3. The Hall–Kier alpha value is -1.99. The third-order valence-corrected chi connectivity index (χ3v) is 3.11. The Labute approximate surface area is 114 Å². The summed E-state index contributed by atoms with van der Waals surface area (Å²) in [5.74, 6) is 0. The van der Waals surface area contributed by atoms with Crippen LogP contribution in [0.2, 0.25) is 0 Å². The molecule has 0 fully saturated rings. The lowest BCUT2D eigenvalue weighted by molar-refractivity contribution is 1.15. The SMILES string of the molecule is N#Cc1ccc(NCc2ccc(Br)cc2)cc1N. The number of nitrogen functional groups attached to an aromatic ring is 1. The summed E-state index contributed by atoms with van der Waals surface area (Å²) in [6, 6.07) is 15.5. The van der Waals surface area contributed by atoms with Crippen molar-refractivity contribution in [1.29, 1.82) is 5.26 Å². The lowest BCUT2D eigenvalue weighted by Crippen LogP contribution is -2.00. The van der Waals surface area contributed by atoms with Gasteiger partial charge in [0, 0.05) is 16.7 Å². The van der Waals surface area contributed by atoms with Crippen molar-refractivity contribution < 1.29 is 0 Å². The van der Waals surface area contributed by atoms with E-state index in [1.807, 2.05) is 36.4 Å². The predicted octanol–water partition coefficient (Wildman–Crippen LogP) is 3.52. The van der Waals surface area contributed by atoms with E-state index in [-0.39, 0.29) is 0 Å². The van der Waals surface area contributed by atoms with E-state index in [9.17, 15) is 0 Å². The van der Waals surface area contributed by atoms with Gasteiger partial charge in [-0.15, -0.1) is 0 Å². The van der Waals surface area contributed by atoms with Gasteiger partial charge in [0.2, 0.25) is 0 Å².